The fraction of sp³-hybridized carbons (Fsp3) is 0.682. The fourth-order valence-electron chi connectivity index (χ4n) is 4.09. The standard InChI is InChI=1S/C22H36N4O3.HI/c1-2-23-21(25-17-22(8-12-27)9-13-29-18-22)24-16-20(19-6-4-3-5-7-19)26-10-14-28-15-11-26;/h3-7,20,27H,2,8-18H2,1H3,(H2,23,24,25);1H. The van der Waals surface area contributed by atoms with Crippen LogP contribution in [0.3, 0.4) is 0 Å². The van der Waals surface area contributed by atoms with Crippen LogP contribution in [0.25, 0.3) is 0 Å². The van der Waals surface area contributed by atoms with E-state index in [1.807, 2.05) is 0 Å². The lowest BCUT2D eigenvalue weighted by Crippen LogP contribution is -2.46. The average molecular weight is 532 g/mol. The van der Waals surface area contributed by atoms with Gasteiger partial charge in [0.05, 0.1) is 32.4 Å². The summed E-state index contributed by atoms with van der Waals surface area (Å²) in [5.74, 6) is 0.825. The zero-order chi connectivity index (χ0) is 20.4. The van der Waals surface area contributed by atoms with Gasteiger partial charge in [0.1, 0.15) is 0 Å². The number of aliphatic hydroxyl groups excluding tert-OH is 1. The zero-order valence-corrected chi connectivity index (χ0v) is 20.3. The maximum absolute atomic E-state index is 9.46. The van der Waals surface area contributed by atoms with Gasteiger partial charge < -0.3 is 25.2 Å². The minimum absolute atomic E-state index is 0. The van der Waals surface area contributed by atoms with Crippen LogP contribution < -0.4 is 10.6 Å². The quantitative estimate of drug-likeness (QED) is 0.257. The second-order valence-electron chi connectivity index (χ2n) is 7.93. The normalized spacial score (nSPS) is 23.6. The number of morpholine rings is 1. The van der Waals surface area contributed by atoms with Crippen molar-refractivity contribution in [3.05, 3.63) is 35.9 Å². The summed E-state index contributed by atoms with van der Waals surface area (Å²) in [6.07, 6.45) is 1.69. The van der Waals surface area contributed by atoms with Crippen LogP contribution in [-0.4, -0.2) is 81.7 Å². The third kappa shape index (κ3) is 7.33. The first-order valence-electron chi connectivity index (χ1n) is 10.8. The zero-order valence-electron chi connectivity index (χ0n) is 18.0. The van der Waals surface area contributed by atoms with Crippen molar-refractivity contribution in [1.82, 2.24) is 15.5 Å². The summed E-state index contributed by atoms with van der Waals surface area (Å²) in [5, 5.41) is 16.4. The van der Waals surface area contributed by atoms with Crippen molar-refractivity contribution in [1.29, 1.82) is 0 Å². The SMILES string of the molecule is CCNC(=NCC1(CCO)CCOC1)NCC(c1ccccc1)N1CCOCC1.I. The summed E-state index contributed by atoms with van der Waals surface area (Å²) in [6.45, 7) is 9.37. The van der Waals surface area contributed by atoms with Crippen LogP contribution in [-0.2, 0) is 9.47 Å². The van der Waals surface area contributed by atoms with Gasteiger partial charge in [-0.2, -0.15) is 0 Å². The Hall–Kier alpha value is -0.940. The molecule has 0 bridgehead atoms. The van der Waals surface area contributed by atoms with Crippen LogP contribution in [0.2, 0.25) is 0 Å². The topological polar surface area (TPSA) is 78.4 Å². The summed E-state index contributed by atoms with van der Waals surface area (Å²) < 4.78 is 11.2. The van der Waals surface area contributed by atoms with Crippen molar-refractivity contribution < 1.29 is 14.6 Å². The van der Waals surface area contributed by atoms with Crippen molar-refractivity contribution >= 4 is 29.9 Å². The fourth-order valence-corrected chi connectivity index (χ4v) is 4.09. The molecule has 3 rings (SSSR count). The summed E-state index contributed by atoms with van der Waals surface area (Å²) >= 11 is 0. The molecule has 1 aromatic carbocycles. The number of nitrogens with one attached hydrogen (secondary N) is 2. The second-order valence-corrected chi connectivity index (χ2v) is 7.93. The average Bonchev–Trinajstić information content (AvgIpc) is 3.23. The Bertz CT molecular complexity index is 620. The molecule has 3 N–H and O–H groups in total. The minimum atomic E-state index is -0.0415. The van der Waals surface area contributed by atoms with Gasteiger partial charge in [0.25, 0.3) is 0 Å². The predicted molar refractivity (Wildman–Crippen MR) is 131 cm³/mol. The van der Waals surface area contributed by atoms with Gasteiger partial charge in [0, 0.05) is 44.8 Å². The van der Waals surface area contributed by atoms with E-state index in [0.717, 1.165) is 64.8 Å². The number of nitrogens with zero attached hydrogens (tertiary/aromatic N) is 2. The Labute approximate surface area is 197 Å². The number of hydrogen-bond acceptors (Lipinski definition) is 5. The van der Waals surface area contributed by atoms with Gasteiger partial charge in [-0.05, 0) is 25.3 Å². The van der Waals surface area contributed by atoms with Gasteiger partial charge in [-0.1, -0.05) is 30.3 Å². The van der Waals surface area contributed by atoms with Crippen molar-refractivity contribution in [3.63, 3.8) is 0 Å². The van der Waals surface area contributed by atoms with Gasteiger partial charge in [-0.3, -0.25) is 9.89 Å². The number of ether oxygens (including phenoxy) is 2. The Morgan fingerprint density at radius 3 is 2.57 bits per heavy atom. The highest BCUT2D eigenvalue weighted by atomic mass is 127. The van der Waals surface area contributed by atoms with Crippen molar-refractivity contribution in [2.24, 2.45) is 10.4 Å². The largest absolute Gasteiger partial charge is 0.396 e. The third-order valence-electron chi connectivity index (χ3n) is 5.88. The smallest absolute Gasteiger partial charge is 0.191 e. The molecule has 0 amide bonds. The molecule has 170 valence electrons. The van der Waals surface area contributed by atoms with Crippen LogP contribution in [0.1, 0.15) is 31.4 Å². The Morgan fingerprint density at radius 1 is 1.17 bits per heavy atom. The van der Waals surface area contributed by atoms with Gasteiger partial charge >= 0.3 is 0 Å². The van der Waals surface area contributed by atoms with Gasteiger partial charge in [0.15, 0.2) is 5.96 Å². The summed E-state index contributed by atoms with van der Waals surface area (Å²) in [5.41, 5.74) is 1.26. The number of rotatable bonds is 9. The maximum Gasteiger partial charge on any atom is 0.191 e. The van der Waals surface area contributed by atoms with Crippen LogP contribution in [0.5, 0.6) is 0 Å². The van der Waals surface area contributed by atoms with E-state index in [0.29, 0.717) is 13.2 Å². The second kappa shape index (κ2) is 13.5. The molecule has 0 saturated carbocycles. The molecule has 2 aliphatic rings. The number of guanidine groups is 1. The van der Waals surface area contributed by atoms with E-state index >= 15 is 0 Å². The van der Waals surface area contributed by atoms with Gasteiger partial charge in [0.2, 0.25) is 0 Å². The van der Waals surface area contributed by atoms with Crippen molar-refractivity contribution in [3.8, 4) is 0 Å². The Kier molecular flexibility index (Phi) is 11.4. The highest BCUT2D eigenvalue weighted by Gasteiger charge is 2.34. The molecule has 0 aliphatic carbocycles. The lowest BCUT2D eigenvalue weighted by Gasteiger charge is -2.35. The first-order chi connectivity index (χ1) is 14.3. The van der Waals surface area contributed by atoms with E-state index in [9.17, 15) is 5.11 Å². The molecule has 2 saturated heterocycles. The number of hydrogen-bond donors (Lipinski definition) is 3. The highest BCUT2D eigenvalue weighted by molar-refractivity contribution is 14.0. The summed E-state index contributed by atoms with van der Waals surface area (Å²) in [4.78, 5) is 7.34. The van der Waals surface area contributed by atoms with Gasteiger partial charge in [-0.25, -0.2) is 0 Å². The molecule has 7 nitrogen and oxygen atoms in total. The number of aliphatic hydroxyl groups is 1. The molecular formula is C22H37IN4O3. The van der Waals surface area contributed by atoms with Crippen LogP contribution in [0.4, 0.5) is 0 Å². The minimum Gasteiger partial charge on any atom is -0.396 e. The van der Waals surface area contributed by atoms with E-state index < -0.39 is 0 Å². The highest BCUT2D eigenvalue weighted by Crippen LogP contribution is 2.32. The number of benzene rings is 1. The third-order valence-corrected chi connectivity index (χ3v) is 5.88. The Balaban J connectivity index is 0.00000320. The molecule has 2 atom stereocenters. The van der Waals surface area contributed by atoms with E-state index in [-0.39, 0.29) is 42.0 Å². The molecule has 0 spiro atoms. The molecule has 0 aromatic heterocycles. The lowest BCUT2D eigenvalue weighted by atomic mass is 9.84. The molecule has 0 radical (unpaired) electrons. The monoisotopic (exact) mass is 532 g/mol. The molecule has 2 aliphatic heterocycles. The van der Waals surface area contributed by atoms with E-state index in [4.69, 9.17) is 14.5 Å². The molecule has 2 fully saturated rings. The molecule has 30 heavy (non-hydrogen) atoms. The molecule has 2 heterocycles. The summed E-state index contributed by atoms with van der Waals surface area (Å²) in [7, 11) is 0. The van der Waals surface area contributed by atoms with Crippen LogP contribution in [0.15, 0.2) is 35.3 Å². The molecular weight excluding hydrogens is 495 g/mol. The van der Waals surface area contributed by atoms with Crippen LogP contribution in [0, 0.1) is 5.41 Å². The van der Waals surface area contributed by atoms with E-state index in [1.165, 1.54) is 5.56 Å². The molecule has 1 aromatic rings. The Morgan fingerprint density at radius 2 is 1.93 bits per heavy atom. The van der Waals surface area contributed by atoms with Gasteiger partial charge in [-0.15, -0.1) is 24.0 Å². The van der Waals surface area contributed by atoms with E-state index in [2.05, 4.69) is 52.8 Å². The van der Waals surface area contributed by atoms with Crippen LogP contribution >= 0.6 is 24.0 Å². The van der Waals surface area contributed by atoms with E-state index in [1.54, 1.807) is 0 Å². The van der Waals surface area contributed by atoms with Crippen molar-refractivity contribution in [2.75, 3.05) is 65.8 Å². The number of halogens is 1. The lowest BCUT2D eigenvalue weighted by molar-refractivity contribution is 0.0170. The molecule has 2 unspecified atom stereocenters. The van der Waals surface area contributed by atoms with Crippen molar-refractivity contribution in [2.45, 2.75) is 25.8 Å². The number of aliphatic imine (C=N–C) groups is 1. The summed E-state index contributed by atoms with van der Waals surface area (Å²) in [6, 6.07) is 10.9. The predicted octanol–water partition coefficient (Wildman–Crippen LogP) is 2.02. The first-order valence-corrected chi connectivity index (χ1v) is 10.8. The first kappa shape index (κ1) is 25.3. The maximum atomic E-state index is 9.46. The molecule has 8 heteroatoms.